The molecule has 0 bridgehead atoms. The highest BCUT2D eigenvalue weighted by molar-refractivity contribution is 7.87. The van der Waals surface area contributed by atoms with Crippen LogP contribution < -0.4 is 4.72 Å². The van der Waals surface area contributed by atoms with Crippen LogP contribution in [0.4, 0.5) is 0 Å². The van der Waals surface area contributed by atoms with E-state index in [4.69, 9.17) is 5.11 Å². The Hall–Kier alpha value is -0.170. The third-order valence-electron chi connectivity index (χ3n) is 2.63. The number of nitrogens with zero attached hydrogens (tertiary/aromatic N) is 1. The third-order valence-corrected chi connectivity index (χ3v) is 4.29. The van der Waals surface area contributed by atoms with Crippen LogP contribution in [0.3, 0.4) is 0 Å². The smallest absolute Gasteiger partial charge is 0.279 e. The fourth-order valence-corrected chi connectivity index (χ4v) is 3.35. The van der Waals surface area contributed by atoms with Gasteiger partial charge in [0, 0.05) is 19.1 Å². The lowest BCUT2D eigenvalue weighted by molar-refractivity contribution is 0.154. The second-order valence-electron chi connectivity index (χ2n) is 3.84. The van der Waals surface area contributed by atoms with Gasteiger partial charge in [0.05, 0.1) is 6.61 Å². The average molecular weight is 236 g/mol. The van der Waals surface area contributed by atoms with Crippen molar-refractivity contribution >= 4 is 10.2 Å². The largest absolute Gasteiger partial charge is 0.395 e. The molecule has 5 nitrogen and oxygen atoms in total. The number of aliphatic hydroxyl groups excluding tert-OH is 1. The number of hydrogen-bond donors (Lipinski definition) is 2. The predicted octanol–water partition coefficient (Wildman–Crippen LogP) is 0.0776. The molecule has 2 N–H and O–H groups in total. The van der Waals surface area contributed by atoms with Crippen molar-refractivity contribution in [2.24, 2.45) is 0 Å². The van der Waals surface area contributed by atoms with E-state index < -0.39 is 10.2 Å². The Kier molecular flexibility index (Phi) is 4.98. The number of hydrogen-bond acceptors (Lipinski definition) is 3. The predicted molar refractivity (Wildman–Crippen MR) is 58.6 cm³/mol. The zero-order valence-electron chi connectivity index (χ0n) is 9.15. The fraction of sp³-hybridized carbons (Fsp3) is 1.00. The van der Waals surface area contributed by atoms with Crippen LogP contribution in [0, 0.1) is 0 Å². The van der Waals surface area contributed by atoms with Crippen molar-refractivity contribution in [3.8, 4) is 0 Å². The van der Waals surface area contributed by atoms with Crippen molar-refractivity contribution in [1.29, 1.82) is 0 Å². The van der Waals surface area contributed by atoms with Gasteiger partial charge in [0.25, 0.3) is 10.2 Å². The first-order chi connectivity index (χ1) is 7.11. The normalized spacial score (nSPS) is 24.3. The minimum absolute atomic E-state index is 0.0902. The van der Waals surface area contributed by atoms with E-state index in [1.165, 1.54) is 4.31 Å². The molecular formula is C9H20N2O3S. The van der Waals surface area contributed by atoms with Crippen LogP contribution in [0.5, 0.6) is 0 Å². The Morgan fingerprint density at radius 3 is 2.80 bits per heavy atom. The Morgan fingerprint density at radius 2 is 2.20 bits per heavy atom. The number of piperidine rings is 1. The van der Waals surface area contributed by atoms with Crippen LogP contribution in [-0.2, 0) is 10.2 Å². The van der Waals surface area contributed by atoms with E-state index in [-0.39, 0.29) is 12.6 Å². The summed E-state index contributed by atoms with van der Waals surface area (Å²) in [4.78, 5) is 0. The SMILES string of the molecule is CCCNS(=O)(=O)N1CCCCC1CO. The molecule has 15 heavy (non-hydrogen) atoms. The van der Waals surface area contributed by atoms with Gasteiger partial charge in [-0.15, -0.1) is 0 Å². The minimum Gasteiger partial charge on any atom is -0.395 e. The molecule has 0 amide bonds. The molecule has 0 aromatic carbocycles. The van der Waals surface area contributed by atoms with E-state index >= 15 is 0 Å². The summed E-state index contributed by atoms with van der Waals surface area (Å²) < 4.78 is 27.6. The van der Waals surface area contributed by atoms with Crippen LogP contribution in [0.15, 0.2) is 0 Å². The molecule has 1 rings (SSSR count). The summed E-state index contributed by atoms with van der Waals surface area (Å²) >= 11 is 0. The molecule has 0 aromatic rings. The highest BCUT2D eigenvalue weighted by Crippen LogP contribution is 2.19. The monoisotopic (exact) mass is 236 g/mol. The maximum atomic E-state index is 11.8. The molecule has 0 saturated carbocycles. The van der Waals surface area contributed by atoms with Crippen molar-refractivity contribution in [1.82, 2.24) is 9.03 Å². The molecule has 1 aliphatic heterocycles. The molecular weight excluding hydrogens is 216 g/mol. The summed E-state index contributed by atoms with van der Waals surface area (Å²) in [7, 11) is -3.38. The van der Waals surface area contributed by atoms with Crippen molar-refractivity contribution in [3.63, 3.8) is 0 Å². The minimum atomic E-state index is -3.38. The molecule has 1 heterocycles. The molecule has 1 atom stereocenters. The van der Waals surface area contributed by atoms with Crippen molar-refractivity contribution < 1.29 is 13.5 Å². The molecule has 1 saturated heterocycles. The van der Waals surface area contributed by atoms with E-state index in [2.05, 4.69) is 4.72 Å². The Morgan fingerprint density at radius 1 is 1.47 bits per heavy atom. The molecule has 0 aromatic heterocycles. The van der Waals surface area contributed by atoms with Crippen LogP contribution >= 0.6 is 0 Å². The molecule has 90 valence electrons. The number of aliphatic hydroxyl groups is 1. The fourth-order valence-electron chi connectivity index (χ4n) is 1.79. The lowest BCUT2D eigenvalue weighted by atomic mass is 10.1. The molecule has 1 fully saturated rings. The van der Waals surface area contributed by atoms with Gasteiger partial charge in [0.2, 0.25) is 0 Å². The average Bonchev–Trinajstić information content (AvgIpc) is 2.26. The summed E-state index contributed by atoms with van der Waals surface area (Å²) in [6, 6.07) is -0.242. The van der Waals surface area contributed by atoms with Crippen LogP contribution in [0.1, 0.15) is 32.6 Å². The van der Waals surface area contributed by atoms with Gasteiger partial charge < -0.3 is 5.11 Å². The van der Waals surface area contributed by atoms with Gasteiger partial charge in [-0.2, -0.15) is 12.7 Å². The second kappa shape index (κ2) is 5.79. The van der Waals surface area contributed by atoms with E-state index in [1.54, 1.807) is 0 Å². The second-order valence-corrected chi connectivity index (χ2v) is 5.55. The highest BCUT2D eigenvalue weighted by Gasteiger charge is 2.31. The summed E-state index contributed by atoms with van der Waals surface area (Å²) in [6.45, 7) is 2.80. The van der Waals surface area contributed by atoms with E-state index in [0.717, 1.165) is 25.7 Å². The van der Waals surface area contributed by atoms with Crippen molar-refractivity contribution in [3.05, 3.63) is 0 Å². The molecule has 0 aliphatic carbocycles. The van der Waals surface area contributed by atoms with Crippen LogP contribution in [-0.4, -0.2) is 43.6 Å². The van der Waals surface area contributed by atoms with Gasteiger partial charge in [-0.25, -0.2) is 4.72 Å². The molecule has 0 spiro atoms. The van der Waals surface area contributed by atoms with E-state index in [1.807, 2.05) is 6.92 Å². The lowest BCUT2D eigenvalue weighted by Crippen LogP contribution is -2.50. The Bertz CT molecular complexity index is 279. The standard InChI is InChI=1S/C9H20N2O3S/c1-2-6-10-15(13,14)11-7-4-3-5-9(11)8-12/h9-10,12H,2-8H2,1H3. The van der Waals surface area contributed by atoms with E-state index in [9.17, 15) is 8.42 Å². The summed E-state index contributed by atoms with van der Waals surface area (Å²) in [5.74, 6) is 0. The third kappa shape index (κ3) is 3.41. The maximum Gasteiger partial charge on any atom is 0.279 e. The van der Waals surface area contributed by atoms with Crippen LogP contribution in [0.2, 0.25) is 0 Å². The first kappa shape index (κ1) is 12.9. The van der Waals surface area contributed by atoms with Gasteiger partial charge in [0.1, 0.15) is 0 Å². The van der Waals surface area contributed by atoms with Gasteiger partial charge >= 0.3 is 0 Å². The van der Waals surface area contributed by atoms with Gasteiger partial charge in [-0.05, 0) is 19.3 Å². The molecule has 1 aliphatic rings. The first-order valence-corrected chi connectivity index (χ1v) is 6.93. The topological polar surface area (TPSA) is 69.6 Å². The van der Waals surface area contributed by atoms with E-state index in [0.29, 0.717) is 13.1 Å². The molecule has 1 unspecified atom stereocenters. The van der Waals surface area contributed by atoms with Crippen LogP contribution in [0.25, 0.3) is 0 Å². The van der Waals surface area contributed by atoms with Gasteiger partial charge in [-0.1, -0.05) is 13.3 Å². The maximum absolute atomic E-state index is 11.8. The quantitative estimate of drug-likeness (QED) is 0.710. The highest BCUT2D eigenvalue weighted by atomic mass is 32.2. The van der Waals surface area contributed by atoms with Gasteiger partial charge in [-0.3, -0.25) is 0 Å². The summed E-state index contributed by atoms with van der Waals surface area (Å²) in [5, 5.41) is 9.12. The van der Waals surface area contributed by atoms with Crippen molar-refractivity contribution in [2.75, 3.05) is 19.7 Å². The van der Waals surface area contributed by atoms with Crippen molar-refractivity contribution in [2.45, 2.75) is 38.6 Å². The molecule has 6 heteroatoms. The number of nitrogens with one attached hydrogen (secondary N) is 1. The lowest BCUT2D eigenvalue weighted by Gasteiger charge is -2.33. The Labute approximate surface area is 91.7 Å². The Balaban J connectivity index is 2.65. The molecule has 0 radical (unpaired) electrons. The number of rotatable bonds is 5. The van der Waals surface area contributed by atoms with Gasteiger partial charge in [0.15, 0.2) is 0 Å². The zero-order valence-corrected chi connectivity index (χ0v) is 9.96. The summed E-state index contributed by atoms with van der Waals surface area (Å²) in [5.41, 5.74) is 0. The first-order valence-electron chi connectivity index (χ1n) is 5.49. The summed E-state index contributed by atoms with van der Waals surface area (Å²) in [6.07, 6.45) is 3.40. The zero-order chi connectivity index (χ0) is 11.3.